The molecule has 1 aliphatic rings. The molecule has 0 aromatic carbocycles. The van der Waals surface area contributed by atoms with E-state index in [9.17, 15) is 9.59 Å². The number of aryl methyl sites for hydroxylation is 1. The highest BCUT2D eigenvalue weighted by molar-refractivity contribution is 5.82. The van der Waals surface area contributed by atoms with Gasteiger partial charge in [-0.2, -0.15) is 0 Å². The number of carbonyl (C=O) groups is 1. The topological polar surface area (TPSA) is 78.1 Å². The first-order valence-electron chi connectivity index (χ1n) is 7.50. The van der Waals surface area contributed by atoms with Crippen molar-refractivity contribution in [2.75, 3.05) is 19.6 Å². The summed E-state index contributed by atoms with van der Waals surface area (Å²) in [4.78, 5) is 33.0. The molecule has 2 rings (SSSR count). The van der Waals surface area contributed by atoms with E-state index in [0.29, 0.717) is 18.1 Å². The zero-order valence-corrected chi connectivity index (χ0v) is 13.0. The normalized spacial score (nSPS) is 23.0. The van der Waals surface area contributed by atoms with E-state index in [1.807, 2.05) is 6.92 Å². The number of amides is 1. The van der Waals surface area contributed by atoms with Crippen LogP contribution in [0.2, 0.25) is 0 Å². The number of H-pyrrole nitrogens is 1. The molecule has 0 spiro atoms. The molecule has 1 fully saturated rings. The lowest BCUT2D eigenvalue weighted by Crippen LogP contribution is -2.50. The van der Waals surface area contributed by atoms with Gasteiger partial charge in [0, 0.05) is 12.6 Å². The van der Waals surface area contributed by atoms with Crippen molar-refractivity contribution in [1.82, 2.24) is 20.2 Å². The number of nitrogens with zero attached hydrogens (tertiary/aromatic N) is 2. The number of likely N-dealkylation sites (tertiary alicyclic amines) is 1. The molecule has 1 saturated heterocycles. The molecule has 2 heterocycles. The van der Waals surface area contributed by atoms with Crippen LogP contribution in [0.1, 0.15) is 38.2 Å². The van der Waals surface area contributed by atoms with E-state index in [4.69, 9.17) is 0 Å². The first kappa shape index (κ1) is 15.7. The quantitative estimate of drug-likeness (QED) is 0.861. The fourth-order valence-corrected chi connectivity index (χ4v) is 2.92. The zero-order chi connectivity index (χ0) is 15.5. The Hall–Kier alpha value is -1.69. The average molecular weight is 292 g/mol. The second kappa shape index (κ2) is 6.39. The molecular formula is C15H24N4O2. The largest absolute Gasteiger partial charge is 0.350 e. The first-order chi connectivity index (χ1) is 9.93. The summed E-state index contributed by atoms with van der Waals surface area (Å²) in [6, 6.07) is 1.43. The van der Waals surface area contributed by atoms with Gasteiger partial charge in [-0.15, -0.1) is 0 Å². The predicted molar refractivity (Wildman–Crippen MR) is 80.9 cm³/mol. The predicted octanol–water partition coefficient (Wildman–Crippen LogP) is 0.817. The van der Waals surface area contributed by atoms with Gasteiger partial charge in [0.1, 0.15) is 5.82 Å². The molecule has 1 atom stereocenters. The Bertz CT molecular complexity index is 569. The second-order valence-electron chi connectivity index (χ2n) is 6.04. The van der Waals surface area contributed by atoms with Crippen molar-refractivity contribution < 1.29 is 4.79 Å². The van der Waals surface area contributed by atoms with Gasteiger partial charge in [0.05, 0.1) is 17.7 Å². The first-order valence-corrected chi connectivity index (χ1v) is 7.50. The van der Waals surface area contributed by atoms with Crippen molar-refractivity contribution in [3.63, 3.8) is 0 Å². The number of carbonyl (C=O) groups excluding carboxylic acids is 1. The Labute approximate surface area is 125 Å². The highest BCUT2D eigenvalue weighted by Gasteiger charge is 2.37. The molecule has 116 valence electrons. The average Bonchev–Trinajstić information content (AvgIpc) is 2.43. The number of piperidine rings is 1. The standard InChI is InChI=1S/C15H24N4O2/c1-4-19-7-5-6-15(3,10-19)14(21)16-9-12-8-13(20)18-11(2)17-12/h8H,4-7,9-10H2,1-3H3,(H,16,21)(H,17,18,20). The van der Waals surface area contributed by atoms with E-state index in [1.165, 1.54) is 6.07 Å². The Kier molecular flexibility index (Phi) is 4.77. The molecule has 0 aliphatic carbocycles. The number of hydrogen-bond donors (Lipinski definition) is 2. The maximum atomic E-state index is 12.5. The SMILES string of the molecule is CCN1CCCC(C)(C(=O)NCc2cc(=O)[nH]c(C)n2)C1. The summed E-state index contributed by atoms with van der Waals surface area (Å²) in [6.45, 7) is 8.98. The van der Waals surface area contributed by atoms with Gasteiger partial charge < -0.3 is 15.2 Å². The van der Waals surface area contributed by atoms with Crippen molar-refractivity contribution >= 4 is 5.91 Å². The maximum absolute atomic E-state index is 12.5. The molecule has 0 saturated carbocycles. The molecule has 1 amide bonds. The summed E-state index contributed by atoms with van der Waals surface area (Å²) in [7, 11) is 0. The third-order valence-corrected chi connectivity index (χ3v) is 4.11. The number of nitrogens with one attached hydrogen (secondary N) is 2. The monoisotopic (exact) mass is 292 g/mol. The summed E-state index contributed by atoms with van der Waals surface area (Å²) >= 11 is 0. The smallest absolute Gasteiger partial charge is 0.251 e. The molecule has 21 heavy (non-hydrogen) atoms. The molecule has 0 bridgehead atoms. The molecule has 1 aliphatic heterocycles. The van der Waals surface area contributed by atoms with Crippen LogP contribution in [0.15, 0.2) is 10.9 Å². The summed E-state index contributed by atoms with van der Waals surface area (Å²) in [6.07, 6.45) is 1.94. The van der Waals surface area contributed by atoms with Crippen molar-refractivity contribution in [2.24, 2.45) is 5.41 Å². The van der Waals surface area contributed by atoms with E-state index in [2.05, 4.69) is 27.1 Å². The Morgan fingerprint density at radius 1 is 1.57 bits per heavy atom. The highest BCUT2D eigenvalue weighted by atomic mass is 16.2. The van der Waals surface area contributed by atoms with Crippen LogP contribution < -0.4 is 10.9 Å². The highest BCUT2D eigenvalue weighted by Crippen LogP contribution is 2.29. The number of aromatic amines is 1. The van der Waals surface area contributed by atoms with Crippen LogP contribution in [0.25, 0.3) is 0 Å². The van der Waals surface area contributed by atoms with Crippen molar-refractivity contribution in [1.29, 1.82) is 0 Å². The fourth-order valence-electron chi connectivity index (χ4n) is 2.92. The minimum absolute atomic E-state index is 0.0420. The van der Waals surface area contributed by atoms with Gasteiger partial charge in [-0.25, -0.2) is 4.98 Å². The minimum atomic E-state index is -0.357. The van der Waals surface area contributed by atoms with Crippen LogP contribution in [0.3, 0.4) is 0 Å². The van der Waals surface area contributed by atoms with Crippen LogP contribution >= 0.6 is 0 Å². The van der Waals surface area contributed by atoms with Gasteiger partial charge in [0.15, 0.2) is 0 Å². The summed E-state index contributed by atoms with van der Waals surface area (Å²) in [5.41, 5.74) is 0.0500. The lowest BCUT2D eigenvalue weighted by molar-refractivity contribution is -0.133. The summed E-state index contributed by atoms with van der Waals surface area (Å²) in [5, 5.41) is 2.93. The van der Waals surface area contributed by atoms with E-state index < -0.39 is 0 Å². The van der Waals surface area contributed by atoms with Crippen molar-refractivity contribution in [2.45, 2.75) is 40.2 Å². The zero-order valence-electron chi connectivity index (χ0n) is 13.0. The van der Waals surface area contributed by atoms with Gasteiger partial charge in [-0.05, 0) is 39.8 Å². The molecule has 1 aromatic heterocycles. The van der Waals surface area contributed by atoms with Gasteiger partial charge in [-0.1, -0.05) is 6.92 Å². The molecule has 0 radical (unpaired) electrons. The lowest BCUT2D eigenvalue weighted by Gasteiger charge is -2.38. The van der Waals surface area contributed by atoms with Gasteiger partial charge in [0.2, 0.25) is 5.91 Å². The van der Waals surface area contributed by atoms with Crippen LogP contribution in [-0.2, 0) is 11.3 Å². The van der Waals surface area contributed by atoms with Crippen LogP contribution in [-0.4, -0.2) is 40.4 Å². The number of aromatic nitrogens is 2. The molecule has 2 N–H and O–H groups in total. The molecule has 6 nitrogen and oxygen atoms in total. The van der Waals surface area contributed by atoms with E-state index in [0.717, 1.165) is 32.5 Å². The third kappa shape index (κ3) is 3.91. The van der Waals surface area contributed by atoms with Gasteiger partial charge in [-0.3, -0.25) is 9.59 Å². The van der Waals surface area contributed by atoms with Crippen molar-refractivity contribution in [3.05, 3.63) is 27.9 Å². The second-order valence-corrected chi connectivity index (χ2v) is 6.04. The number of hydrogen-bond acceptors (Lipinski definition) is 4. The number of rotatable bonds is 4. The van der Waals surface area contributed by atoms with Crippen LogP contribution in [0, 0.1) is 12.3 Å². The molecular weight excluding hydrogens is 268 g/mol. The van der Waals surface area contributed by atoms with Gasteiger partial charge >= 0.3 is 0 Å². The Balaban J connectivity index is 1.99. The fraction of sp³-hybridized carbons (Fsp3) is 0.667. The van der Waals surface area contributed by atoms with E-state index >= 15 is 0 Å². The molecule has 6 heteroatoms. The van der Waals surface area contributed by atoms with E-state index in [1.54, 1.807) is 6.92 Å². The van der Waals surface area contributed by atoms with Crippen LogP contribution in [0.5, 0.6) is 0 Å². The maximum Gasteiger partial charge on any atom is 0.251 e. The Morgan fingerprint density at radius 3 is 3.00 bits per heavy atom. The summed E-state index contributed by atoms with van der Waals surface area (Å²) in [5.74, 6) is 0.605. The molecule has 1 unspecified atom stereocenters. The van der Waals surface area contributed by atoms with Gasteiger partial charge in [0.25, 0.3) is 5.56 Å². The lowest BCUT2D eigenvalue weighted by atomic mass is 9.81. The Morgan fingerprint density at radius 2 is 2.33 bits per heavy atom. The summed E-state index contributed by atoms with van der Waals surface area (Å²) < 4.78 is 0. The van der Waals surface area contributed by atoms with Crippen molar-refractivity contribution in [3.8, 4) is 0 Å². The van der Waals surface area contributed by atoms with Crippen LogP contribution in [0.4, 0.5) is 0 Å². The minimum Gasteiger partial charge on any atom is -0.350 e. The third-order valence-electron chi connectivity index (χ3n) is 4.11. The van der Waals surface area contributed by atoms with E-state index in [-0.39, 0.29) is 16.9 Å². The molecule has 1 aromatic rings.